The van der Waals surface area contributed by atoms with Gasteiger partial charge in [-0.1, -0.05) is 35.0 Å². The molecule has 0 bridgehead atoms. The Kier molecular flexibility index (Phi) is 4.50. The molecule has 88 valence electrons. The van der Waals surface area contributed by atoms with Crippen LogP contribution >= 0.6 is 15.9 Å². The van der Waals surface area contributed by atoms with Gasteiger partial charge in [0.05, 0.1) is 12.0 Å². The molecule has 0 saturated heterocycles. The lowest BCUT2D eigenvalue weighted by Gasteiger charge is -2.23. The van der Waals surface area contributed by atoms with Gasteiger partial charge in [0.15, 0.2) is 0 Å². The fourth-order valence-corrected chi connectivity index (χ4v) is 2.07. The van der Waals surface area contributed by atoms with Crippen LogP contribution in [0.5, 0.6) is 0 Å². The third kappa shape index (κ3) is 3.06. The second kappa shape index (κ2) is 5.46. The van der Waals surface area contributed by atoms with E-state index < -0.39 is 18.0 Å². The number of benzene rings is 1. The van der Waals surface area contributed by atoms with E-state index in [1.165, 1.54) is 0 Å². The van der Waals surface area contributed by atoms with E-state index in [0.29, 0.717) is 5.56 Å². The maximum atomic E-state index is 11.2. The Morgan fingerprint density at radius 1 is 1.38 bits per heavy atom. The Bertz CT molecular complexity index is 376. The van der Waals surface area contributed by atoms with Crippen molar-refractivity contribution >= 4 is 21.9 Å². The highest BCUT2D eigenvalue weighted by atomic mass is 79.9. The van der Waals surface area contributed by atoms with Crippen molar-refractivity contribution in [3.63, 3.8) is 0 Å². The minimum atomic E-state index is -0.911. The average molecular weight is 287 g/mol. The molecule has 0 fully saturated rings. The van der Waals surface area contributed by atoms with Crippen molar-refractivity contribution in [3.05, 3.63) is 34.3 Å². The predicted octanol–water partition coefficient (Wildman–Crippen LogP) is 2.63. The Hall–Kier alpha value is -0.870. The summed E-state index contributed by atoms with van der Waals surface area (Å²) in [6, 6.07) is 7.18. The number of hydrogen-bond donors (Lipinski definition) is 2. The maximum absolute atomic E-state index is 11.2. The molecule has 0 amide bonds. The Morgan fingerprint density at radius 2 is 2.00 bits per heavy atom. The minimum Gasteiger partial charge on any atom is -0.481 e. The smallest absolute Gasteiger partial charge is 0.311 e. The number of hydrogen-bond acceptors (Lipinski definition) is 2. The van der Waals surface area contributed by atoms with Gasteiger partial charge >= 0.3 is 5.97 Å². The average Bonchev–Trinajstić information content (AvgIpc) is 2.17. The van der Waals surface area contributed by atoms with Crippen molar-refractivity contribution in [3.8, 4) is 0 Å². The first kappa shape index (κ1) is 13.2. The van der Waals surface area contributed by atoms with Crippen LogP contribution in [0.1, 0.15) is 25.3 Å². The van der Waals surface area contributed by atoms with E-state index in [9.17, 15) is 15.0 Å². The van der Waals surface area contributed by atoms with Gasteiger partial charge in [-0.2, -0.15) is 0 Å². The Balaban J connectivity index is 3.08. The quantitative estimate of drug-likeness (QED) is 0.895. The van der Waals surface area contributed by atoms with E-state index in [1.54, 1.807) is 32.0 Å². The lowest BCUT2D eigenvalue weighted by Crippen LogP contribution is -2.27. The number of aliphatic hydroxyl groups excluding tert-OH is 1. The number of halogens is 1. The monoisotopic (exact) mass is 286 g/mol. The van der Waals surface area contributed by atoms with E-state index in [-0.39, 0.29) is 5.92 Å². The molecule has 3 nitrogen and oxygen atoms in total. The maximum Gasteiger partial charge on any atom is 0.311 e. The topological polar surface area (TPSA) is 57.5 Å². The first-order chi connectivity index (χ1) is 7.43. The van der Waals surface area contributed by atoms with E-state index in [1.807, 2.05) is 6.07 Å². The van der Waals surface area contributed by atoms with Crippen molar-refractivity contribution < 1.29 is 15.0 Å². The highest BCUT2D eigenvalue weighted by Crippen LogP contribution is 2.29. The van der Waals surface area contributed by atoms with Crippen LogP contribution in [0.3, 0.4) is 0 Å². The van der Waals surface area contributed by atoms with Gasteiger partial charge in [0.2, 0.25) is 0 Å². The third-order valence-electron chi connectivity index (χ3n) is 2.76. The summed E-state index contributed by atoms with van der Waals surface area (Å²) in [6.45, 7) is 3.35. The summed E-state index contributed by atoms with van der Waals surface area (Å²) in [6.07, 6.45) is -0.653. The molecule has 0 aromatic heterocycles. The second-order valence-corrected chi connectivity index (χ2v) is 4.89. The lowest BCUT2D eigenvalue weighted by atomic mass is 9.84. The summed E-state index contributed by atoms with van der Waals surface area (Å²) in [5, 5.41) is 18.7. The molecular weight excluding hydrogens is 272 g/mol. The molecule has 0 heterocycles. The van der Waals surface area contributed by atoms with Crippen molar-refractivity contribution in [1.29, 1.82) is 0 Å². The highest BCUT2D eigenvalue weighted by Gasteiger charge is 2.29. The molecule has 0 aliphatic carbocycles. The summed E-state index contributed by atoms with van der Waals surface area (Å²) < 4.78 is 0.842. The molecule has 16 heavy (non-hydrogen) atoms. The first-order valence-corrected chi connectivity index (χ1v) is 5.89. The van der Waals surface area contributed by atoms with E-state index in [2.05, 4.69) is 15.9 Å². The van der Waals surface area contributed by atoms with Gasteiger partial charge in [0, 0.05) is 4.47 Å². The molecule has 0 aliphatic rings. The van der Waals surface area contributed by atoms with Crippen LogP contribution in [-0.4, -0.2) is 22.3 Å². The summed E-state index contributed by atoms with van der Waals surface area (Å²) in [4.78, 5) is 11.2. The lowest BCUT2D eigenvalue weighted by molar-refractivity contribution is -0.141. The van der Waals surface area contributed by atoms with Gasteiger partial charge in [-0.25, -0.2) is 0 Å². The molecule has 3 atom stereocenters. The van der Waals surface area contributed by atoms with Crippen LogP contribution in [0, 0.1) is 5.92 Å². The summed E-state index contributed by atoms with van der Waals surface area (Å²) >= 11 is 3.31. The van der Waals surface area contributed by atoms with Crippen LogP contribution in [0.25, 0.3) is 0 Å². The Morgan fingerprint density at radius 3 is 2.44 bits per heavy atom. The summed E-state index contributed by atoms with van der Waals surface area (Å²) in [5.41, 5.74) is 0.704. The molecule has 0 saturated carbocycles. The first-order valence-electron chi connectivity index (χ1n) is 5.09. The molecule has 4 heteroatoms. The number of carboxylic acid groups (broad SMARTS) is 1. The van der Waals surface area contributed by atoms with Crippen LogP contribution in [-0.2, 0) is 4.79 Å². The fraction of sp³-hybridized carbons (Fsp3) is 0.417. The van der Waals surface area contributed by atoms with Gasteiger partial charge in [-0.15, -0.1) is 0 Å². The van der Waals surface area contributed by atoms with E-state index >= 15 is 0 Å². The molecule has 1 aromatic rings. The fourth-order valence-electron chi connectivity index (χ4n) is 1.65. The van der Waals surface area contributed by atoms with Gasteiger partial charge in [0.25, 0.3) is 0 Å². The van der Waals surface area contributed by atoms with Gasteiger partial charge < -0.3 is 10.2 Å². The third-order valence-corrected chi connectivity index (χ3v) is 3.25. The van der Waals surface area contributed by atoms with Crippen molar-refractivity contribution in [2.24, 2.45) is 5.92 Å². The molecule has 0 spiro atoms. The SMILES string of the molecule is CC(O)C(C)C(C(=O)O)c1cccc(Br)c1. The van der Waals surface area contributed by atoms with E-state index in [4.69, 9.17) is 0 Å². The predicted molar refractivity (Wildman–Crippen MR) is 65.4 cm³/mol. The zero-order chi connectivity index (χ0) is 12.3. The molecule has 2 N–H and O–H groups in total. The van der Waals surface area contributed by atoms with Crippen LogP contribution in [0.2, 0.25) is 0 Å². The summed E-state index contributed by atoms with van der Waals surface area (Å²) in [7, 11) is 0. The molecule has 0 aliphatic heterocycles. The Labute approximate surface area is 103 Å². The second-order valence-electron chi connectivity index (χ2n) is 3.97. The number of rotatable bonds is 4. The number of aliphatic carboxylic acids is 1. The van der Waals surface area contributed by atoms with Gasteiger partial charge in [-0.3, -0.25) is 4.79 Å². The number of carboxylic acids is 1. The standard InChI is InChI=1S/C12H15BrO3/c1-7(8(2)14)11(12(15)16)9-4-3-5-10(13)6-9/h3-8,11,14H,1-2H3,(H,15,16). The molecule has 1 aromatic carbocycles. The van der Waals surface area contributed by atoms with Crippen molar-refractivity contribution in [2.75, 3.05) is 0 Å². The van der Waals surface area contributed by atoms with Crippen molar-refractivity contribution in [2.45, 2.75) is 25.9 Å². The highest BCUT2D eigenvalue weighted by molar-refractivity contribution is 9.10. The minimum absolute atomic E-state index is 0.327. The van der Waals surface area contributed by atoms with Gasteiger partial charge in [0.1, 0.15) is 0 Å². The number of aliphatic hydroxyl groups is 1. The van der Waals surface area contributed by atoms with Gasteiger partial charge in [-0.05, 0) is 30.5 Å². The van der Waals surface area contributed by atoms with Crippen LogP contribution in [0.15, 0.2) is 28.7 Å². The molecular formula is C12H15BrO3. The molecule has 0 radical (unpaired) electrons. The molecule has 1 rings (SSSR count). The van der Waals surface area contributed by atoms with Crippen LogP contribution in [0.4, 0.5) is 0 Å². The zero-order valence-electron chi connectivity index (χ0n) is 9.22. The van der Waals surface area contributed by atoms with E-state index in [0.717, 1.165) is 4.47 Å². The molecule has 3 unspecified atom stereocenters. The van der Waals surface area contributed by atoms with Crippen LogP contribution < -0.4 is 0 Å². The summed E-state index contributed by atoms with van der Waals surface area (Å²) in [5.74, 6) is -1.92. The van der Waals surface area contributed by atoms with Crippen molar-refractivity contribution in [1.82, 2.24) is 0 Å². The zero-order valence-corrected chi connectivity index (χ0v) is 10.8. The normalized spacial score (nSPS) is 16.5. The number of carbonyl (C=O) groups is 1. The largest absolute Gasteiger partial charge is 0.481 e.